The fourth-order valence-electron chi connectivity index (χ4n) is 13.3. The summed E-state index contributed by atoms with van der Waals surface area (Å²) in [7, 11) is 0. The lowest BCUT2D eigenvalue weighted by Gasteiger charge is -2.45. The number of aromatic nitrogens is 1. The van der Waals surface area contributed by atoms with Crippen molar-refractivity contribution in [1.82, 2.24) is 4.57 Å². The molecule has 0 N–H and O–H groups in total. The minimum Gasteiger partial charge on any atom is -0.456 e. The zero-order valence-electron chi connectivity index (χ0n) is 48.8. The lowest BCUT2D eigenvalue weighted by Crippen LogP contribution is -2.61. The molecule has 0 radical (unpaired) electrons. The predicted molar refractivity (Wildman–Crippen MR) is 347 cm³/mol. The van der Waals surface area contributed by atoms with Crippen LogP contribution in [0.4, 0.5) is 51.2 Å². The van der Waals surface area contributed by atoms with Gasteiger partial charge >= 0.3 is 0 Å². The Balaban J connectivity index is 1.04. The van der Waals surface area contributed by atoms with Crippen LogP contribution in [0.25, 0.3) is 49.4 Å². The Bertz CT molecular complexity index is 4500. The third kappa shape index (κ3) is 8.11. The van der Waals surface area contributed by atoms with Crippen LogP contribution in [0.1, 0.15) is 95.7 Å². The van der Waals surface area contributed by atoms with E-state index in [4.69, 9.17) is 4.42 Å². The number of hydrogen-bond donors (Lipinski definition) is 0. The lowest BCUT2D eigenvalue weighted by molar-refractivity contribution is 0.589. The number of nitrogens with zero attached hydrogens (tertiary/aromatic N) is 4. The summed E-state index contributed by atoms with van der Waals surface area (Å²) in [6.45, 7) is 27.6. The van der Waals surface area contributed by atoms with Gasteiger partial charge in [-0.1, -0.05) is 165 Å². The second-order valence-corrected chi connectivity index (χ2v) is 26.1. The summed E-state index contributed by atoms with van der Waals surface area (Å²) < 4.78 is 9.08. The molecule has 2 aliphatic heterocycles. The van der Waals surface area contributed by atoms with Gasteiger partial charge in [0.2, 0.25) is 0 Å². The summed E-state index contributed by atoms with van der Waals surface area (Å²) in [5.74, 6) is 0. The molecule has 5 nitrogen and oxygen atoms in total. The monoisotopic (exact) mass is 1050 g/mol. The molecular weight excluding hydrogens is 984 g/mol. The molecule has 4 heterocycles. The molecule has 12 aromatic rings. The van der Waals surface area contributed by atoms with E-state index in [9.17, 15) is 0 Å². The van der Waals surface area contributed by atoms with E-state index in [0.29, 0.717) is 0 Å². The first-order valence-electron chi connectivity index (χ1n) is 28.9. The number of benzene rings is 10. The molecule has 0 spiro atoms. The quantitative estimate of drug-likeness (QED) is 0.155. The van der Waals surface area contributed by atoms with Crippen molar-refractivity contribution in [3.05, 3.63) is 234 Å². The van der Waals surface area contributed by atoms with Crippen molar-refractivity contribution in [2.45, 2.75) is 99.3 Å². The summed E-state index contributed by atoms with van der Waals surface area (Å²) in [6, 6.07) is 75.6. The number of fused-ring (bicyclic) bond motifs is 10. The highest BCUT2D eigenvalue weighted by Crippen LogP contribution is 2.50. The fraction of sp³-hybridized carbons (Fsp3) is 0.200. The number of para-hydroxylation sites is 3. The maximum atomic E-state index is 6.64. The first kappa shape index (κ1) is 50.5. The number of furan rings is 1. The van der Waals surface area contributed by atoms with Crippen molar-refractivity contribution < 1.29 is 4.42 Å². The Labute approximate surface area is 477 Å². The topological polar surface area (TPSA) is 27.8 Å². The molecule has 2 aliphatic rings. The Morgan fingerprint density at radius 1 is 0.383 bits per heavy atom. The second-order valence-electron chi connectivity index (χ2n) is 26.1. The van der Waals surface area contributed by atoms with Gasteiger partial charge in [0.15, 0.2) is 0 Å². The standard InChI is InChI=1S/C75H69BN4O/c1-46-38-67-71-68(39-46)80(56-32-35-60-59-23-17-19-25-69(59)81-70(60)45-56)65-42-50(74(7,8)9)28-36-61(65)76(71)62-37-33-55(44-66(62)79(67)53-29-26-49(27-30-53)73(4,5)6)77(72-47(2)40-51(41-48(72)3)75(10,11)12)54-31-34-58-57-22-16-18-24-63(57)78(64(58)43-54)52-20-14-13-15-21-52/h13-45H,1-12H3. The SMILES string of the molecule is Cc1cc2c3c(c1)N(c1ccc4c(c1)oc1ccccc14)c1cc(C(C)(C)C)ccc1B3c1ccc(N(c3ccc4c5ccccc5n(-c5ccccc5)c4c3)c3c(C)cc(C(C)(C)C)cc3C)cc1N2c1ccc(C(C)(C)C)cc1. The molecule has 6 heteroatoms. The highest BCUT2D eigenvalue weighted by molar-refractivity contribution is 7.00. The molecule has 0 aliphatic carbocycles. The zero-order valence-corrected chi connectivity index (χ0v) is 48.8. The summed E-state index contributed by atoms with van der Waals surface area (Å²) in [6.07, 6.45) is 0. The van der Waals surface area contributed by atoms with E-state index >= 15 is 0 Å². The Kier molecular flexibility index (Phi) is 11.3. The van der Waals surface area contributed by atoms with E-state index in [1.807, 2.05) is 0 Å². The van der Waals surface area contributed by atoms with Crippen molar-refractivity contribution in [3.8, 4) is 5.69 Å². The molecule has 81 heavy (non-hydrogen) atoms. The van der Waals surface area contributed by atoms with Crippen LogP contribution >= 0.6 is 0 Å². The van der Waals surface area contributed by atoms with Crippen LogP contribution in [0.3, 0.4) is 0 Å². The first-order valence-corrected chi connectivity index (χ1v) is 28.9. The molecule has 0 atom stereocenters. The van der Waals surface area contributed by atoms with Gasteiger partial charge in [-0.25, -0.2) is 0 Å². The van der Waals surface area contributed by atoms with Gasteiger partial charge in [-0.05, 0) is 178 Å². The van der Waals surface area contributed by atoms with Crippen LogP contribution in [0, 0.1) is 20.8 Å². The normalized spacial score (nSPS) is 13.4. The van der Waals surface area contributed by atoms with Crippen LogP contribution in [0.15, 0.2) is 205 Å². The van der Waals surface area contributed by atoms with E-state index in [2.05, 4.69) is 303 Å². The first-order chi connectivity index (χ1) is 38.8. The molecule has 0 unspecified atom stereocenters. The molecule has 0 saturated carbocycles. The zero-order chi connectivity index (χ0) is 56.0. The van der Waals surface area contributed by atoms with E-state index in [-0.39, 0.29) is 23.0 Å². The highest BCUT2D eigenvalue weighted by Gasteiger charge is 2.44. The van der Waals surface area contributed by atoms with Crippen LogP contribution in [-0.4, -0.2) is 11.3 Å². The average Bonchev–Trinajstić information content (AvgIpc) is 3.47. The molecule has 10 aromatic carbocycles. The number of anilines is 9. The fourth-order valence-corrected chi connectivity index (χ4v) is 13.3. The van der Waals surface area contributed by atoms with E-state index in [0.717, 1.165) is 50.4 Å². The third-order valence-electron chi connectivity index (χ3n) is 17.4. The van der Waals surface area contributed by atoms with E-state index in [1.54, 1.807) is 0 Å². The van der Waals surface area contributed by atoms with E-state index < -0.39 is 0 Å². The summed E-state index contributed by atoms with van der Waals surface area (Å²) >= 11 is 0. The smallest absolute Gasteiger partial charge is 0.252 e. The molecular formula is C75H69BN4O. The van der Waals surface area contributed by atoms with Crippen molar-refractivity contribution in [1.29, 1.82) is 0 Å². The number of hydrogen-bond acceptors (Lipinski definition) is 4. The van der Waals surface area contributed by atoms with Crippen molar-refractivity contribution in [3.63, 3.8) is 0 Å². The van der Waals surface area contributed by atoms with Crippen LogP contribution in [0.5, 0.6) is 0 Å². The van der Waals surface area contributed by atoms with Crippen LogP contribution in [0.2, 0.25) is 0 Å². The van der Waals surface area contributed by atoms with Crippen LogP contribution < -0.4 is 31.1 Å². The maximum absolute atomic E-state index is 6.64. The minimum atomic E-state index is -0.0832. The van der Waals surface area contributed by atoms with Gasteiger partial charge < -0.3 is 23.7 Å². The molecule has 0 saturated heterocycles. The lowest BCUT2D eigenvalue weighted by atomic mass is 9.33. The summed E-state index contributed by atoms with van der Waals surface area (Å²) in [4.78, 5) is 7.64. The summed E-state index contributed by atoms with van der Waals surface area (Å²) in [5.41, 5.74) is 26.9. The van der Waals surface area contributed by atoms with Crippen LogP contribution in [-0.2, 0) is 16.2 Å². The van der Waals surface area contributed by atoms with Gasteiger partial charge in [-0.2, -0.15) is 0 Å². The number of aryl methyl sites for hydroxylation is 3. The van der Waals surface area contributed by atoms with Crippen molar-refractivity contribution >= 4 is 118 Å². The van der Waals surface area contributed by atoms with Gasteiger partial charge in [0.05, 0.1) is 16.7 Å². The van der Waals surface area contributed by atoms with Gasteiger partial charge in [0, 0.05) is 78.8 Å². The summed E-state index contributed by atoms with van der Waals surface area (Å²) in [5, 5.41) is 4.72. The van der Waals surface area contributed by atoms with Gasteiger partial charge in [-0.15, -0.1) is 0 Å². The largest absolute Gasteiger partial charge is 0.456 e. The molecule has 2 aromatic heterocycles. The van der Waals surface area contributed by atoms with Gasteiger partial charge in [0.25, 0.3) is 6.71 Å². The Hall–Kier alpha value is -8.74. The van der Waals surface area contributed by atoms with Crippen molar-refractivity contribution in [2.75, 3.05) is 14.7 Å². The second kappa shape index (κ2) is 18.1. The van der Waals surface area contributed by atoms with Gasteiger partial charge in [-0.3, -0.25) is 0 Å². The number of rotatable bonds is 6. The minimum absolute atomic E-state index is 0.0117. The molecule has 0 bridgehead atoms. The van der Waals surface area contributed by atoms with Crippen molar-refractivity contribution in [2.24, 2.45) is 0 Å². The van der Waals surface area contributed by atoms with E-state index in [1.165, 1.54) is 100 Å². The predicted octanol–water partition coefficient (Wildman–Crippen LogP) is 19.1. The third-order valence-corrected chi connectivity index (χ3v) is 17.4. The average molecular weight is 1050 g/mol. The molecule has 398 valence electrons. The molecule has 14 rings (SSSR count). The molecule has 0 amide bonds. The Morgan fingerprint density at radius 2 is 0.914 bits per heavy atom. The maximum Gasteiger partial charge on any atom is 0.252 e. The Morgan fingerprint density at radius 3 is 1.60 bits per heavy atom. The van der Waals surface area contributed by atoms with Gasteiger partial charge in [0.1, 0.15) is 11.2 Å². The highest BCUT2D eigenvalue weighted by atomic mass is 16.3. The molecule has 0 fully saturated rings.